The summed E-state index contributed by atoms with van der Waals surface area (Å²) in [5, 5.41) is 6.17. The Kier molecular flexibility index (Phi) is 8.11. The van der Waals surface area contributed by atoms with Crippen LogP contribution >= 0.6 is 11.6 Å². The van der Waals surface area contributed by atoms with E-state index in [0.717, 1.165) is 56.2 Å². The monoisotopic (exact) mass is 428 g/mol. The van der Waals surface area contributed by atoms with Gasteiger partial charge in [-0.05, 0) is 55.3 Å². The zero-order valence-electron chi connectivity index (χ0n) is 17.4. The largest absolute Gasteiger partial charge is 0.369 e. The van der Waals surface area contributed by atoms with Crippen molar-refractivity contribution in [2.45, 2.75) is 19.8 Å². The van der Waals surface area contributed by atoms with E-state index in [2.05, 4.69) is 32.6 Å². The first kappa shape index (κ1) is 22.1. The molecular formula is C23H29ClN4O2. The van der Waals surface area contributed by atoms with Gasteiger partial charge in [0.25, 0.3) is 0 Å². The highest BCUT2D eigenvalue weighted by Crippen LogP contribution is 2.19. The van der Waals surface area contributed by atoms with E-state index in [1.54, 1.807) is 0 Å². The summed E-state index contributed by atoms with van der Waals surface area (Å²) in [7, 11) is 0. The average molecular weight is 429 g/mol. The first-order valence-electron chi connectivity index (χ1n) is 10.5. The van der Waals surface area contributed by atoms with Crippen LogP contribution in [0.15, 0.2) is 48.5 Å². The average Bonchev–Trinajstić information content (AvgIpc) is 2.78. The van der Waals surface area contributed by atoms with Crippen LogP contribution in [-0.2, 0) is 16.0 Å². The maximum atomic E-state index is 12.1. The molecule has 0 aromatic heterocycles. The number of nitrogens with one attached hydrogen (secondary N) is 2. The number of piperazine rings is 1. The first-order valence-corrected chi connectivity index (χ1v) is 10.8. The summed E-state index contributed by atoms with van der Waals surface area (Å²) < 4.78 is 0. The summed E-state index contributed by atoms with van der Waals surface area (Å²) in [6, 6.07) is 15.5. The number of rotatable bonds is 7. The number of anilines is 2. The van der Waals surface area contributed by atoms with E-state index in [9.17, 15) is 9.59 Å². The van der Waals surface area contributed by atoms with Gasteiger partial charge in [0.1, 0.15) is 0 Å². The third-order valence-corrected chi connectivity index (χ3v) is 5.61. The molecule has 30 heavy (non-hydrogen) atoms. The van der Waals surface area contributed by atoms with Crippen molar-refractivity contribution in [3.05, 3.63) is 59.1 Å². The Balaban J connectivity index is 1.33. The number of carbonyl (C=O) groups is 2. The lowest BCUT2D eigenvalue weighted by Gasteiger charge is -2.36. The zero-order chi connectivity index (χ0) is 21.3. The predicted octanol–water partition coefficient (Wildman–Crippen LogP) is 3.17. The molecule has 6 nitrogen and oxygen atoms in total. The number of hydrogen-bond donors (Lipinski definition) is 2. The number of aryl methyl sites for hydroxylation is 1. The molecule has 160 valence electrons. The van der Waals surface area contributed by atoms with Gasteiger partial charge in [-0.1, -0.05) is 36.7 Å². The van der Waals surface area contributed by atoms with Gasteiger partial charge in [0, 0.05) is 49.1 Å². The second-order valence-corrected chi connectivity index (χ2v) is 7.82. The van der Waals surface area contributed by atoms with Gasteiger partial charge in [-0.3, -0.25) is 14.5 Å². The van der Waals surface area contributed by atoms with Crippen LogP contribution in [-0.4, -0.2) is 56.0 Å². The maximum absolute atomic E-state index is 12.1. The molecule has 2 aromatic rings. The van der Waals surface area contributed by atoms with Gasteiger partial charge in [-0.15, -0.1) is 0 Å². The number of amides is 2. The third kappa shape index (κ3) is 6.21. The third-order valence-electron chi connectivity index (χ3n) is 5.35. The molecule has 1 fully saturated rings. The molecule has 0 saturated carbocycles. The van der Waals surface area contributed by atoms with Crippen LogP contribution in [0.25, 0.3) is 0 Å². The van der Waals surface area contributed by atoms with E-state index < -0.39 is 11.8 Å². The van der Waals surface area contributed by atoms with Gasteiger partial charge < -0.3 is 15.5 Å². The summed E-state index contributed by atoms with van der Waals surface area (Å²) >= 11 is 5.96. The molecular weight excluding hydrogens is 400 g/mol. The highest BCUT2D eigenvalue weighted by atomic mass is 35.5. The predicted molar refractivity (Wildman–Crippen MR) is 122 cm³/mol. The summed E-state index contributed by atoms with van der Waals surface area (Å²) in [5.41, 5.74) is 2.90. The number of carbonyl (C=O) groups excluding carboxylic acids is 2. The molecule has 2 N–H and O–H groups in total. The molecule has 0 bridgehead atoms. The summed E-state index contributed by atoms with van der Waals surface area (Å²) in [6.07, 6.45) is 1.61. The molecule has 1 aliphatic rings. The van der Waals surface area contributed by atoms with Crippen molar-refractivity contribution < 1.29 is 9.59 Å². The van der Waals surface area contributed by atoms with Crippen molar-refractivity contribution in [1.82, 2.24) is 10.2 Å². The van der Waals surface area contributed by atoms with Gasteiger partial charge in [0.2, 0.25) is 0 Å². The molecule has 0 atom stereocenters. The lowest BCUT2D eigenvalue weighted by atomic mass is 10.1. The molecule has 2 amide bonds. The number of benzene rings is 2. The summed E-state index contributed by atoms with van der Waals surface area (Å²) in [6.45, 7) is 7.28. The van der Waals surface area contributed by atoms with Crippen molar-refractivity contribution in [2.75, 3.05) is 49.5 Å². The Morgan fingerprint density at radius 1 is 0.967 bits per heavy atom. The van der Waals surface area contributed by atoms with Crippen LogP contribution in [0.5, 0.6) is 0 Å². The van der Waals surface area contributed by atoms with Crippen LogP contribution in [0, 0.1) is 0 Å². The fourth-order valence-electron chi connectivity index (χ4n) is 3.60. The minimum atomic E-state index is -0.618. The topological polar surface area (TPSA) is 64.7 Å². The zero-order valence-corrected chi connectivity index (χ0v) is 18.1. The van der Waals surface area contributed by atoms with Crippen LogP contribution in [0.2, 0.25) is 5.02 Å². The van der Waals surface area contributed by atoms with Crippen LogP contribution < -0.4 is 15.5 Å². The van der Waals surface area contributed by atoms with Gasteiger partial charge in [0.15, 0.2) is 0 Å². The fourth-order valence-corrected chi connectivity index (χ4v) is 3.72. The van der Waals surface area contributed by atoms with Crippen molar-refractivity contribution >= 4 is 34.8 Å². The van der Waals surface area contributed by atoms with Crippen molar-refractivity contribution in [3.8, 4) is 0 Å². The van der Waals surface area contributed by atoms with E-state index in [1.807, 2.05) is 43.3 Å². The molecule has 1 heterocycles. The Hall–Kier alpha value is -2.57. The SMILES string of the molecule is CCc1ccccc1NC(=O)C(=O)NCCCN1CCN(c2ccc(Cl)cc2)CC1. The van der Waals surface area contributed by atoms with E-state index in [0.29, 0.717) is 12.2 Å². The van der Waals surface area contributed by atoms with Gasteiger partial charge in [-0.25, -0.2) is 0 Å². The number of nitrogens with zero attached hydrogens (tertiary/aromatic N) is 2. The molecule has 0 unspecified atom stereocenters. The van der Waals surface area contributed by atoms with E-state index in [1.165, 1.54) is 5.69 Å². The van der Waals surface area contributed by atoms with Crippen molar-refractivity contribution in [2.24, 2.45) is 0 Å². The second-order valence-electron chi connectivity index (χ2n) is 7.38. The number of hydrogen-bond acceptors (Lipinski definition) is 4. The highest BCUT2D eigenvalue weighted by molar-refractivity contribution is 6.39. The quantitative estimate of drug-likeness (QED) is 0.525. The maximum Gasteiger partial charge on any atom is 0.313 e. The van der Waals surface area contributed by atoms with E-state index in [4.69, 9.17) is 11.6 Å². The van der Waals surface area contributed by atoms with Gasteiger partial charge in [-0.2, -0.15) is 0 Å². The molecule has 7 heteroatoms. The normalized spacial score (nSPS) is 14.4. The summed E-state index contributed by atoms with van der Waals surface area (Å²) in [5.74, 6) is -1.21. The fraction of sp³-hybridized carbons (Fsp3) is 0.391. The standard InChI is InChI=1S/C23H29ClN4O2/c1-2-18-6-3-4-7-21(18)26-23(30)22(29)25-12-5-13-27-14-16-28(17-15-27)20-10-8-19(24)9-11-20/h3-4,6-11H,2,5,12-17H2,1H3,(H,25,29)(H,26,30). The molecule has 0 radical (unpaired) electrons. The molecule has 3 rings (SSSR count). The second kappa shape index (κ2) is 11.0. The molecule has 2 aromatic carbocycles. The van der Waals surface area contributed by atoms with Gasteiger partial charge in [0.05, 0.1) is 0 Å². The minimum Gasteiger partial charge on any atom is -0.369 e. The lowest BCUT2D eigenvalue weighted by Crippen LogP contribution is -2.47. The lowest BCUT2D eigenvalue weighted by molar-refractivity contribution is -0.136. The Bertz CT molecular complexity index is 849. The van der Waals surface area contributed by atoms with Crippen molar-refractivity contribution in [1.29, 1.82) is 0 Å². The number of para-hydroxylation sites is 1. The molecule has 1 saturated heterocycles. The minimum absolute atomic E-state index is 0.485. The molecule has 1 aliphatic heterocycles. The number of halogens is 1. The first-order chi connectivity index (χ1) is 14.6. The highest BCUT2D eigenvalue weighted by Gasteiger charge is 2.18. The molecule has 0 aliphatic carbocycles. The van der Waals surface area contributed by atoms with Gasteiger partial charge >= 0.3 is 11.8 Å². The summed E-state index contributed by atoms with van der Waals surface area (Å²) in [4.78, 5) is 28.9. The Morgan fingerprint density at radius 3 is 2.37 bits per heavy atom. The smallest absolute Gasteiger partial charge is 0.313 e. The van der Waals surface area contributed by atoms with E-state index in [-0.39, 0.29) is 0 Å². The Labute approximate surface area is 183 Å². The van der Waals surface area contributed by atoms with Crippen molar-refractivity contribution in [3.63, 3.8) is 0 Å². The van der Waals surface area contributed by atoms with Crippen LogP contribution in [0.1, 0.15) is 18.9 Å². The Morgan fingerprint density at radius 2 is 1.67 bits per heavy atom. The molecule has 0 spiro atoms. The van der Waals surface area contributed by atoms with E-state index >= 15 is 0 Å². The van der Waals surface area contributed by atoms with Crippen LogP contribution in [0.4, 0.5) is 11.4 Å². The van der Waals surface area contributed by atoms with Crippen LogP contribution in [0.3, 0.4) is 0 Å².